The maximum Gasteiger partial charge on any atom is 0.273 e. The monoisotopic (exact) mass is 294 g/mol. The fourth-order valence-electron chi connectivity index (χ4n) is 1.91. The van der Waals surface area contributed by atoms with Crippen LogP contribution in [0.5, 0.6) is 5.75 Å². The number of aryl methyl sites for hydroxylation is 2. The van der Waals surface area contributed by atoms with Gasteiger partial charge in [-0.05, 0) is 39.0 Å². The van der Waals surface area contributed by atoms with E-state index in [1.807, 2.05) is 38.1 Å². The Morgan fingerprint density at radius 3 is 2.55 bits per heavy atom. The lowest BCUT2D eigenvalue weighted by atomic mass is 10.1. The number of rotatable bonds is 2. The molecule has 2 N–H and O–H groups in total. The lowest BCUT2D eigenvalue weighted by Crippen LogP contribution is -2.24. The molecule has 0 unspecified atom stereocenters. The number of carbonyl (C=O) groups excluding carboxylic acids is 1. The van der Waals surface area contributed by atoms with E-state index in [1.165, 1.54) is 11.6 Å². The van der Waals surface area contributed by atoms with Gasteiger partial charge in [0.2, 0.25) is 0 Å². The van der Waals surface area contributed by atoms with E-state index in [0.717, 1.165) is 5.56 Å². The summed E-state index contributed by atoms with van der Waals surface area (Å²) in [7, 11) is 0. The smallest absolute Gasteiger partial charge is 0.273 e. The summed E-state index contributed by atoms with van der Waals surface area (Å²) in [6, 6.07) is 9.34. The van der Waals surface area contributed by atoms with Crippen molar-refractivity contribution >= 4 is 5.91 Å². The highest BCUT2D eigenvalue weighted by molar-refractivity contribution is 5.95. The minimum absolute atomic E-state index is 0.0280. The number of pyridine rings is 1. The zero-order chi connectivity index (χ0) is 16.1. The van der Waals surface area contributed by atoms with Crippen molar-refractivity contribution in [3.8, 4) is 17.6 Å². The third-order valence-corrected chi connectivity index (χ3v) is 3.14. The zero-order valence-electron chi connectivity index (χ0n) is 12.9. The van der Waals surface area contributed by atoms with Crippen LogP contribution in [0.4, 0.5) is 0 Å². The molecule has 0 aliphatic heterocycles. The number of aromatic hydroxyl groups is 1. The lowest BCUT2D eigenvalue weighted by molar-refractivity contribution is 0.0947. The quantitative estimate of drug-likeness (QED) is 0.837. The van der Waals surface area contributed by atoms with Crippen LogP contribution < -0.4 is 5.32 Å². The highest BCUT2D eigenvalue weighted by Crippen LogP contribution is 2.18. The molecule has 0 fully saturated rings. The third kappa shape index (κ3) is 3.64. The van der Waals surface area contributed by atoms with Gasteiger partial charge in [0.1, 0.15) is 5.75 Å². The molecule has 1 heterocycles. The summed E-state index contributed by atoms with van der Waals surface area (Å²) in [6.07, 6.45) is 0. The van der Waals surface area contributed by atoms with Crippen LogP contribution in [0.25, 0.3) is 0 Å². The molecule has 1 aromatic heterocycles. The summed E-state index contributed by atoms with van der Waals surface area (Å²) in [6.45, 7) is 6.07. The van der Waals surface area contributed by atoms with Crippen molar-refractivity contribution in [1.82, 2.24) is 10.3 Å². The first-order chi connectivity index (χ1) is 10.5. The molecule has 0 bridgehead atoms. The number of hydrogen-bond donors (Lipinski definition) is 2. The van der Waals surface area contributed by atoms with E-state index in [4.69, 9.17) is 0 Å². The number of carbonyl (C=O) groups is 1. The molecule has 0 atom stereocenters. The van der Waals surface area contributed by atoms with Gasteiger partial charge >= 0.3 is 0 Å². The Morgan fingerprint density at radius 1 is 1.23 bits per heavy atom. The fourth-order valence-corrected chi connectivity index (χ4v) is 1.91. The van der Waals surface area contributed by atoms with Crippen molar-refractivity contribution in [3.05, 3.63) is 58.4 Å². The van der Waals surface area contributed by atoms with Crippen molar-refractivity contribution < 1.29 is 9.90 Å². The molecule has 4 nitrogen and oxygen atoms in total. The van der Waals surface area contributed by atoms with Crippen molar-refractivity contribution in [1.29, 1.82) is 0 Å². The van der Waals surface area contributed by atoms with Gasteiger partial charge in [0.05, 0.1) is 5.69 Å². The largest absolute Gasteiger partial charge is 0.505 e. The average molecular weight is 294 g/mol. The molecule has 22 heavy (non-hydrogen) atoms. The summed E-state index contributed by atoms with van der Waals surface area (Å²) in [5.74, 6) is 5.46. The first-order valence-electron chi connectivity index (χ1n) is 7.08. The molecule has 0 saturated heterocycles. The first-order valence-corrected chi connectivity index (χ1v) is 7.08. The van der Waals surface area contributed by atoms with E-state index in [1.54, 1.807) is 6.92 Å². The number of amides is 1. The number of nitrogens with one attached hydrogen (secondary N) is 1. The molecule has 112 valence electrons. The average Bonchev–Trinajstić information content (AvgIpc) is 2.49. The van der Waals surface area contributed by atoms with E-state index in [9.17, 15) is 9.90 Å². The molecular weight excluding hydrogens is 276 g/mol. The second-order valence-electron chi connectivity index (χ2n) is 4.96. The van der Waals surface area contributed by atoms with Crippen molar-refractivity contribution in [2.75, 3.05) is 6.54 Å². The highest BCUT2D eigenvalue weighted by atomic mass is 16.3. The predicted molar refractivity (Wildman–Crippen MR) is 85.8 cm³/mol. The summed E-state index contributed by atoms with van der Waals surface area (Å²) in [4.78, 5) is 15.9. The van der Waals surface area contributed by atoms with Crippen molar-refractivity contribution in [2.45, 2.75) is 20.8 Å². The lowest BCUT2D eigenvalue weighted by Gasteiger charge is -2.06. The minimum Gasteiger partial charge on any atom is -0.505 e. The van der Waals surface area contributed by atoms with Gasteiger partial charge in [-0.1, -0.05) is 29.5 Å². The molecule has 1 aromatic carbocycles. The molecule has 0 saturated carbocycles. The Kier molecular flexibility index (Phi) is 4.80. The van der Waals surface area contributed by atoms with Gasteiger partial charge < -0.3 is 10.4 Å². The third-order valence-electron chi connectivity index (χ3n) is 3.14. The van der Waals surface area contributed by atoms with Crippen LogP contribution in [0.3, 0.4) is 0 Å². The Balaban J connectivity index is 2.32. The Hall–Kier alpha value is -2.80. The van der Waals surface area contributed by atoms with Gasteiger partial charge in [-0.15, -0.1) is 0 Å². The van der Waals surface area contributed by atoms with E-state index >= 15 is 0 Å². The van der Waals surface area contributed by atoms with Crippen LogP contribution in [-0.2, 0) is 0 Å². The predicted octanol–water partition coefficient (Wildman–Crippen LogP) is 2.55. The molecule has 4 heteroatoms. The van der Waals surface area contributed by atoms with Gasteiger partial charge in [0.25, 0.3) is 5.91 Å². The summed E-state index contributed by atoms with van der Waals surface area (Å²) < 4.78 is 0. The van der Waals surface area contributed by atoms with Crippen LogP contribution in [-0.4, -0.2) is 22.5 Å². The Morgan fingerprint density at radius 2 is 1.91 bits per heavy atom. The van der Waals surface area contributed by atoms with Gasteiger partial charge in [-0.3, -0.25) is 4.79 Å². The number of hydrogen-bond acceptors (Lipinski definition) is 3. The zero-order valence-corrected chi connectivity index (χ0v) is 12.9. The van der Waals surface area contributed by atoms with E-state index in [2.05, 4.69) is 22.1 Å². The van der Waals surface area contributed by atoms with Gasteiger partial charge in [-0.25, -0.2) is 4.98 Å². The number of nitrogens with zero attached hydrogens (tertiary/aromatic N) is 1. The first kappa shape index (κ1) is 15.6. The van der Waals surface area contributed by atoms with Gasteiger partial charge in [0, 0.05) is 17.7 Å². The molecule has 0 spiro atoms. The molecule has 1 amide bonds. The van der Waals surface area contributed by atoms with Crippen LogP contribution in [0.15, 0.2) is 30.3 Å². The molecular formula is C18H18N2O2. The topological polar surface area (TPSA) is 62.2 Å². The second-order valence-corrected chi connectivity index (χ2v) is 4.96. The SMILES string of the molecule is CCNC(=O)c1nc(C)c(C#Cc2ccc(C)cc2)cc1O. The maximum atomic E-state index is 11.8. The molecule has 2 rings (SSSR count). The van der Waals surface area contributed by atoms with Crippen LogP contribution in [0.1, 0.15) is 39.8 Å². The molecule has 0 aliphatic carbocycles. The molecule has 0 aliphatic rings. The number of aromatic nitrogens is 1. The van der Waals surface area contributed by atoms with E-state index < -0.39 is 0 Å². The Labute approximate surface area is 130 Å². The molecule has 2 aromatic rings. The Bertz CT molecular complexity index is 753. The van der Waals surface area contributed by atoms with Gasteiger partial charge in [0.15, 0.2) is 5.69 Å². The highest BCUT2D eigenvalue weighted by Gasteiger charge is 2.14. The van der Waals surface area contributed by atoms with Crippen LogP contribution >= 0.6 is 0 Å². The second kappa shape index (κ2) is 6.77. The van der Waals surface area contributed by atoms with Gasteiger partial charge in [-0.2, -0.15) is 0 Å². The number of benzene rings is 1. The van der Waals surface area contributed by atoms with E-state index in [-0.39, 0.29) is 17.4 Å². The van der Waals surface area contributed by atoms with E-state index in [0.29, 0.717) is 17.8 Å². The van der Waals surface area contributed by atoms with Crippen molar-refractivity contribution in [3.63, 3.8) is 0 Å². The van der Waals surface area contributed by atoms with Crippen LogP contribution in [0, 0.1) is 25.7 Å². The maximum absolute atomic E-state index is 11.8. The van der Waals surface area contributed by atoms with Crippen molar-refractivity contribution in [2.24, 2.45) is 0 Å². The fraction of sp³-hybridized carbons (Fsp3) is 0.222. The summed E-state index contributed by atoms with van der Waals surface area (Å²) in [5, 5.41) is 12.6. The summed E-state index contributed by atoms with van der Waals surface area (Å²) in [5.41, 5.74) is 3.30. The normalized spacial score (nSPS) is 9.77. The molecule has 0 radical (unpaired) electrons. The minimum atomic E-state index is -0.388. The summed E-state index contributed by atoms with van der Waals surface area (Å²) >= 11 is 0. The standard InChI is InChI=1S/C18H18N2O2/c1-4-19-18(22)17-16(21)11-15(13(3)20-17)10-9-14-7-5-12(2)6-8-14/h5-8,11,21H,4H2,1-3H3,(H,19,22). The van der Waals surface area contributed by atoms with Crippen LogP contribution in [0.2, 0.25) is 0 Å².